The van der Waals surface area contributed by atoms with Crippen LogP contribution in [0, 0.1) is 23.2 Å². The van der Waals surface area contributed by atoms with Crippen molar-refractivity contribution in [2.24, 2.45) is 23.2 Å². The van der Waals surface area contributed by atoms with Crippen LogP contribution in [0.2, 0.25) is 0 Å². The molecule has 4 bridgehead atoms. The van der Waals surface area contributed by atoms with Gasteiger partial charge in [-0.25, -0.2) is 4.79 Å². The zero-order valence-corrected chi connectivity index (χ0v) is 21.2. The van der Waals surface area contributed by atoms with Gasteiger partial charge in [0.15, 0.2) is 0 Å². The number of piperazine rings is 1. The second-order valence-corrected chi connectivity index (χ2v) is 12.5. The monoisotopic (exact) mass is 462 g/mol. The average molecular weight is 463 g/mol. The van der Waals surface area contributed by atoms with Crippen molar-refractivity contribution in [1.82, 2.24) is 20.4 Å². The Balaban J connectivity index is 1.35. The summed E-state index contributed by atoms with van der Waals surface area (Å²) in [5.41, 5.74) is -1.24. The van der Waals surface area contributed by atoms with Crippen LogP contribution in [-0.4, -0.2) is 78.1 Å². The number of hydrogen-bond acceptors (Lipinski definition) is 5. The number of nitrogens with zero attached hydrogens (tertiary/aromatic N) is 2. The zero-order chi connectivity index (χ0) is 24.2. The Kier molecular flexibility index (Phi) is 6.21. The van der Waals surface area contributed by atoms with Crippen LogP contribution in [0.1, 0.15) is 66.7 Å². The molecule has 0 aromatic carbocycles. The first-order valence-corrected chi connectivity index (χ1v) is 12.6. The summed E-state index contributed by atoms with van der Waals surface area (Å²) >= 11 is 0. The highest BCUT2D eigenvalue weighted by atomic mass is 16.5. The van der Waals surface area contributed by atoms with Gasteiger partial charge in [0, 0.05) is 37.8 Å². The first-order chi connectivity index (χ1) is 15.3. The lowest BCUT2D eigenvalue weighted by Gasteiger charge is -2.59. The van der Waals surface area contributed by atoms with E-state index in [1.165, 1.54) is 7.11 Å². The second-order valence-electron chi connectivity index (χ2n) is 12.5. The Hall–Kier alpha value is -1.83. The Morgan fingerprint density at radius 3 is 2.00 bits per heavy atom. The lowest BCUT2D eigenvalue weighted by molar-refractivity contribution is -0.171. The molecule has 33 heavy (non-hydrogen) atoms. The lowest BCUT2D eigenvalue weighted by atomic mass is 9.48. The summed E-state index contributed by atoms with van der Waals surface area (Å²) in [6, 6.07) is 0.0995. The number of esters is 1. The fourth-order valence-corrected chi connectivity index (χ4v) is 7.07. The molecule has 2 atom stereocenters. The van der Waals surface area contributed by atoms with Gasteiger partial charge in [-0.15, -0.1) is 0 Å². The third kappa shape index (κ3) is 4.60. The van der Waals surface area contributed by atoms with Gasteiger partial charge in [0.25, 0.3) is 0 Å². The normalized spacial score (nSPS) is 34.2. The van der Waals surface area contributed by atoms with Crippen LogP contribution in [0.3, 0.4) is 0 Å². The van der Waals surface area contributed by atoms with Gasteiger partial charge in [-0.2, -0.15) is 0 Å². The third-order valence-electron chi connectivity index (χ3n) is 8.58. The molecular formula is C25H42N4O4. The maximum absolute atomic E-state index is 13.5. The number of carbonyl (C=O) groups excluding carboxylic acids is 3. The van der Waals surface area contributed by atoms with E-state index in [0.717, 1.165) is 32.1 Å². The zero-order valence-electron chi connectivity index (χ0n) is 21.2. The van der Waals surface area contributed by atoms with Gasteiger partial charge in [0.1, 0.15) is 0 Å². The smallest absolute Gasteiger partial charge is 0.317 e. The van der Waals surface area contributed by atoms with E-state index in [1.54, 1.807) is 0 Å². The van der Waals surface area contributed by atoms with Gasteiger partial charge in [0.05, 0.1) is 18.1 Å². The van der Waals surface area contributed by atoms with Crippen molar-refractivity contribution in [2.45, 2.75) is 83.8 Å². The molecule has 4 saturated carbocycles. The summed E-state index contributed by atoms with van der Waals surface area (Å²) in [6.07, 6.45) is 4.81. The molecule has 2 N–H and O–H groups in total. The van der Waals surface area contributed by atoms with E-state index < -0.39 is 5.54 Å². The predicted molar refractivity (Wildman–Crippen MR) is 125 cm³/mol. The van der Waals surface area contributed by atoms with Gasteiger partial charge < -0.3 is 20.3 Å². The molecule has 5 fully saturated rings. The molecule has 1 heterocycles. The largest absolute Gasteiger partial charge is 0.469 e. The minimum Gasteiger partial charge on any atom is -0.469 e. The molecule has 5 rings (SSSR count). The molecule has 0 aromatic rings. The van der Waals surface area contributed by atoms with E-state index in [1.807, 2.05) is 39.5 Å². The molecule has 0 aromatic heterocycles. The quantitative estimate of drug-likeness (QED) is 0.626. The average Bonchev–Trinajstić information content (AvgIpc) is 2.73. The van der Waals surface area contributed by atoms with Gasteiger partial charge >= 0.3 is 12.0 Å². The van der Waals surface area contributed by atoms with Crippen molar-refractivity contribution in [3.05, 3.63) is 0 Å². The Labute approximate surface area is 198 Å². The van der Waals surface area contributed by atoms with Gasteiger partial charge in [-0.3, -0.25) is 14.5 Å². The Morgan fingerprint density at radius 2 is 1.48 bits per heavy atom. The fourth-order valence-electron chi connectivity index (χ4n) is 7.07. The van der Waals surface area contributed by atoms with Crippen LogP contribution < -0.4 is 10.6 Å². The van der Waals surface area contributed by atoms with Gasteiger partial charge in [-0.05, 0) is 84.5 Å². The van der Waals surface area contributed by atoms with E-state index >= 15 is 0 Å². The molecule has 5 aliphatic rings. The maximum atomic E-state index is 13.5. The number of rotatable bonds is 4. The molecule has 4 aliphatic carbocycles. The number of methoxy groups -OCH3 is 1. The molecule has 2 unspecified atom stereocenters. The number of urea groups is 1. The van der Waals surface area contributed by atoms with Gasteiger partial charge in [0.2, 0.25) is 5.91 Å². The first kappa shape index (κ1) is 24.3. The molecule has 186 valence electrons. The van der Waals surface area contributed by atoms with E-state index in [2.05, 4.69) is 15.5 Å². The number of hydrogen-bond donors (Lipinski definition) is 2. The Morgan fingerprint density at radius 1 is 0.909 bits per heavy atom. The number of carbonyl (C=O) groups is 3. The molecule has 1 aliphatic heterocycles. The summed E-state index contributed by atoms with van der Waals surface area (Å²) in [4.78, 5) is 42.6. The van der Waals surface area contributed by atoms with Crippen molar-refractivity contribution in [2.75, 3.05) is 33.3 Å². The SMILES string of the molecule is COC(=O)C12CC3CC(C1)C(NC(=O)C(C)(C)N1CCN(C(=O)NC(C)(C)C)CC1)C(C3)C2. The van der Waals surface area contributed by atoms with E-state index in [9.17, 15) is 14.4 Å². The van der Waals surface area contributed by atoms with Crippen molar-refractivity contribution in [3.8, 4) is 0 Å². The van der Waals surface area contributed by atoms with Crippen LogP contribution in [0.5, 0.6) is 0 Å². The minimum atomic E-state index is -0.651. The molecule has 8 heteroatoms. The summed E-state index contributed by atoms with van der Waals surface area (Å²) < 4.78 is 5.17. The maximum Gasteiger partial charge on any atom is 0.317 e. The van der Waals surface area contributed by atoms with E-state index in [-0.39, 0.29) is 34.9 Å². The molecule has 0 spiro atoms. The topological polar surface area (TPSA) is 91.0 Å². The fraction of sp³-hybridized carbons (Fsp3) is 0.880. The van der Waals surface area contributed by atoms with Crippen molar-refractivity contribution in [3.63, 3.8) is 0 Å². The van der Waals surface area contributed by atoms with Crippen molar-refractivity contribution >= 4 is 17.9 Å². The molecule has 1 saturated heterocycles. The minimum absolute atomic E-state index is 0.0439. The summed E-state index contributed by atoms with van der Waals surface area (Å²) in [6.45, 7) is 12.5. The third-order valence-corrected chi connectivity index (χ3v) is 8.58. The highest BCUT2D eigenvalue weighted by Gasteiger charge is 2.59. The summed E-state index contributed by atoms with van der Waals surface area (Å²) in [7, 11) is 1.50. The molecule has 8 nitrogen and oxygen atoms in total. The van der Waals surface area contributed by atoms with E-state index in [4.69, 9.17) is 4.74 Å². The molecular weight excluding hydrogens is 420 g/mol. The number of ether oxygens (including phenoxy) is 1. The van der Waals surface area contributed by atoms with E-state index in [0.29, 0.717) is 43.9 Å². The Bertz CT molecular complexity index is 781. The van der Waals surface area contributed by atoms with Crippen LogP contribution in [-0.2, 0) is 14.3 Å². The highest BCUT2D eigenvalue weighted by Crippen LogP contribution is 2.60. The number of amides is 3. The standard InChI is InChI=1S/C25H42N4O4/c1-23(2,3)27-22(32)28-7-9-29(10-8-28)24(4,5)20(30)26-19-17-11-16-12-18(19)15-25(13-16,14-17)21(31)33-6/h16-19H,7-15H2,1-6H3,(H,26,30)(H,27,32). The van der Waals surface area contributed by atoms with Crippen molar-refractivity contribution < 1.29 is 19.1 Å². The van der Waals surface area contributed by atoms with Crippen molar-refractivity contribution in [1.29, 1.82) is 0 Å². The number of nitrogens with one attached hydrogen (secondary N) is 2. The summed E-state index contributed by atoms with van der Waals surface area (Å²) in [5.74, 6) is 1.29. The van der Waals surface area contributed by atoms with Gasteiger partial charge in [-0.1, -0.05) is 0 Å². The van der Waals surface area contributed by atoms with Crippen LogP contribution in [0.15, 0.2) is 0 Å². The summed E-state index contributed by atoms with van der Waals surface area (Å²) in [5, 5.41) is 6.43. The lowest BCUT2D eigenvalue weighted by Crippen LogP contribution is -2.66. The van der Waals surface area contributed by atoms with Crippen LogP contribution in [0.25, 0.3) is 0 Å². The first-order valence-electron chi connectivity index (χ1n) is 12.6. The van der Waals surface area contributed by atoms with Crippen LogP contribution >= 0.6 is 0 Å². The predicted octanol–water partition coefficient (Wildman–Crippen LogP) is 2.37. The molecule has 3 amide bonds. The second kappa shape index (κ2) is 8.43. The van der Waals surface area contributed by atoms with Crippen LogP contribution in [0.4, 0.5) is 4.79 Å². The highest BCUT2D eigenvalue weighted by molar-refractivity contribution is 5.86. The molecule has 0 radical (unpaired) electrons.